The zero-order valence-electron chi connectivity index (χ0n) is 26.6. The monoisotopic (exact) mass is 632 g/mol. The second kappa shape index (κ2) is 23.6. The molecule has 246 valence electrons. The first-order chi connectivity index (χ1) is 22.4. The highest BCUT2D eigenvalue weighted by Gasteiger charge is 2.16. The van der Waals surface area contributed by atoms with Gasteiger partial charge in [-0.15, -0.1) is 5.26 Å². The van der Waals surface area contributed by atoms with E-state index in [0.29, 0.717) is 35.8 Å². The summed E-state index contributed by atoms with van der Waals surface area (Å²) in [6.07, 6.45) is 18.7. The lowest BCUT2D eigenvalue weighted by Gasteiger charge is -2.16. The highest BCUT2D eigenvalue weighted by atomic mass is 16.5. The first kappa shape index (κ1) is 37.4. The van der Waals surface area contributed by atoms with Crippen LogP contribution >= 0.6 is 0 Å². The van der Waals surface area contributed by atoms with E-state index in [1.165, 1.54) is 30.3 Å². The number of aliphatic imine (C=N–C) groups is 1. The molecule has 0 saturated carbocycles. The van der Waals surface area contributed by atoms with Crippen LogP contribution < -0.4 is 14.2 Å². The topological polar surface area (TPSA) is 141 Å². The van der Waals surface area contributed by atoms with Crippen LogP contribution in [0.2, 0.25) is 0 Å². The summed E-state index contributed by atoms with van der Waals surface area (Å²) in [4.78, 5) is 50.5. The zero-order chi connectivity index (χ0) is 33.2. The van der Waals surface area contributed by atoms with Gasteiger partial charge in [0.15, 0.2) is 0 Å². The molecule has 2 aromatic rings. The summed E-state index contributed by atoms with van der Waals surface area (Å²) in [5, 5.41) is 8.54. The maximum absolute atomic E-state index is 12.5. The molecule has 0 heterocycles. The van der Waals surface area contributed by atoms with E-state index in [-0.39, 0.29) is 24.9 Å². The molecule has 0 aliphatic carbocycles. The summed E-state index contributed by atoms with van der Waals surface area (Å²) in [6.45, 7) is 2.15. The van der Waals surface area contributed by atoms with Gasteiger partial charge in [-0.1, -0.05) is 57.6 Å². The molecule has 0 amide bonds. The first-order valence-corrected chi connectivity index (χ1v) is 16.0. The molecule has 0 N–H and O–H groups in total. The van der Waals surface area contributed by atoms with E-state index in [1.54, 1.807) is 30.5 Å². The standard InChI is InChI=1S/C36H44N2O8/c1-2-3-4-11-14-31(44-35(41)25-26-36(42)46-33-23-21-30(22-24-33)43-27-37)15-12-9-7-5-6-8-10-13-16-34(40)45-32-19-17-29(18-20-32)38-28-39/h9,12,17-24,31H,2-8,10-11,13-16,25-26H2,1H3/t31-/m1/s1. The molecule has 0 fully saturated rings. The number of nitriles is 1. The highest BCUT2D eigenvalue weighted by Crippen LogP contribution is 2.20. The summed E-state index contributed by atoms with van der Waals surface area (Å²) in [5.41, 5.74) is 0.456. The Morgan fingerprint density at radius 3 is 2.00 bits per heavy atom. The molecule has 2 rings (SSSR count). The predicted molar refractivity (Wildman–Crippen MR) is 172 cm³/mol. The minimum Gasteiger partial charge on any atom is -0.462 e. The van der Waals surface area contributed by atoms with Crippen LogP contribution in [-0.2, 0) is 23.9 Å². The molecule has 0 spiro atoms. The van der Waals surface area contributed by atoms with Gasteiger partial charge >= 0.3 is 17.9 Å². The summed E-state index contributed by atoms with van der Waals surface area (Å²) < 4.78 is 21.0. The van der Waals surface area contributed by atoms with Gasteiger partial charge in [-0.25, -0.2) is 4.79 Å². The van der Waals surface area contributed by atoms with Crippen molar-refractivity contribution in [1.29, 1.82) is 5.26 Å². The van der Waals surface area contributed by atoms with Gasteiger partial charge in [0, 0.05) is 12.8 Å². The Hall–Kier alpha value is -4.74. The van der Waals surface area contributed by atoms with Crippen LogP contribution in [0, 0.1) is 11.5 Å². The molecular formula is C36H44N2O8. The molecule has 1 atom stereocenters. The van der Waals surface area contributed by atoms with Gasteiger partial charge < -0.3 is 18.9 Å². The Labute approximate surface area is 271 Å². The van der Waals surface area contributed by atoms with E-state index in [1.807, 2.05) is 0 Å². The van der Waals surface area contributed by atoms with Crippen LogP contribution in [0.1, 0.15) is 103 Å². The van der Waals surface area contributed by atoms with Crippen molar-refractivity contribution in [3.63, 3.8) is 0 Å². The van der Waals surface area contributed by atoms with E-state index in [4.69, 9.17) is 24.2 Å². The number of allylic oxidation sites excluding steroid dienone is 1. The molecule has 0 aliphatic heterocycles. The molecule has 0 aliphatic rings. The number of esters is 3. The second-order valence-electron chi connectivity index (χ2n) is 10.8. The molecule has 0 saturated heterocycles. The molecule has 0 radical (unpaired) electrons. The molecular weight excluding hydrogens is 588 g/mol. The van der Waals surface area contributed by atoms with E-state index >= 15 is 0 Å². The maximum atomic E-state index is 12.5. The molecule has 0 unspecified atom stereocenters. The van der Waals surface area contributed by atoms with Gasteiger partial charge in [-0.3, -0.25) is 14.4 Å². The number of carbonyl (C=O) groups excluding carboxylic acids is 4. The lowest BCUT2D eigenvalue weighted by Crippen LogP contribution is -2.19. The Bertz CT molecular complexity index is 1310. The summed E-state index contributed by atoms with van der Waals surface area (Å²) in [5.74, 6) is -0.182. The number of nitrogens with zero attached hydrogens (tertiary/aromatic N) is 2. The van der Waals surface area contributed by atoms with E-state index in [2.05, 4.69) is 24.1 Å². The van der Waals surface area contributed by atoms with Crippen molar-refractivity contribution in [3.05, 3.63) is 60.7 Å². The van der Waals surface area contributed by atoms with Crippen LogP contribution in [0.15, 0.2) is 65.7 Å². The average Bonchev–Trinajstić information content (AvgIpc) is 3.05. The van der Waals surface area contributed by atoms with Crippen LogP contribution in [0.4, 0.5) is 5.69 Å². The highest BCUT2D eigenvalue weighted by molar-refractivity contribution is 5.79. The van der Waals surface area contributed by atoms with Gasteiger partial charge in [-0.2, -0.15) is 4.99 Å². The maximum Gasteiger partial charge on any atom is 0.311 e. The second-order valence-corrected chi connectivity index (χ2v) is 10.8. The van der Waals surface area contributed by atoms with Crippen LogP contribution in [0.3, 0.4) is 0 Å². The zero-order valence-corrected chi connectivity index (χ0v) is 26.6. The Kier molecular flexibility index (Phi) is 19.2. The molecule has 10 heteroatoms. The van der Waals surface area contributed by atoms with Gasteiger partial charge in [0.1, 0.15) is 23.4 Å². The van der Waals surface area contributed by atoms with Crippen molar-refractivity contribution in [1.82, 2.24) is 0 Å². The Morgan fingerprint density at radius 2 is 1.33 bits per heavy atom. The van der Waals surface area contributed by atoms with Gasteiger partial charge in [0.2, 0.25) is 6.08 Å². The predicted octanol–water partition coefficient (Wildman–Crippen LogP) is 8.36. The van der Waals surface area contributed by atoms with Crippen molar-refractivity contribution in [2.24, 2.45) is 4.99 Å². The third-order valence-electron chi connectivity index (χ3n) is 6.99. The number of ether oxygens (including phenoxy) is 4. The SMILES string of the molecule is CCCCCC[C@H](CC=CCCCCCCCC(=O)Oc1ccc(N=C=O)cc1)OC(=O)CCC(=O)Oc1ccc(OC#N)cc1. The third-order valence-corrected chi connectivity index (χ3v) is 6.99. The van der Waals surface area contributed by atoms with Crippen LogP contribution in [0.25, 0.3) is 0 Å². The number of carbonyl (C=O) groups is 3. The summed E-state index contributed by atoms with van der Waals surface area (Å²) in [7, 11) is 0. The fraction of sp³-hybridized carbons (Fsp3) is 0.472. The van der Waals surface area contributed by atoms with E-state index < -0.39 is 11.9 Å². The lowest BCUT2D eigenvalue weighted by atomic mass is 10.1. The summed E-state index contributed by atoms with van der Waals surface area (Å²) in [6, 6.07) is 12.4. The molecule has 10 nitrogen and oxygen atoms in total. The quantitative estimate of drug-likeness (QED) is 0.0225. The summed E-state index contributed by atoms with van der Waals surface area (Å²) >= 11 is 0. The van der Waals surface area contributed by atoms with Crippen LogP contribution in [0.5, 0.6) is 17.2 Å². The molecule has 0 bridgehead atoms. The largest absolute Gasteiger partial charge is 0.462 e. The average molecular weight is 633 g/mol. The minimum absolute atomic E-state index is 0.0630. The normalized spacial score (nSPS) is 11.2. The van der Waals surface area contributed by atoms with Crippen molar-refractivity contribution in [3.8, 4) is 23.5 Å². The van der Waals surface area contributed by atoms with Gasteiger partial charge in [-0.05, 0) is 80.6 Å². The van der Waals surface area contributed by atoms with Crippen LogP contribution in [-0.4, -0.2) is 30.1 Å². The fourth-order valence-electron chi connectivity index (χ4n) is 4.54. The third kappa shape index (κ3) is 17.5. The number of benzene rings is 2. The van der Waals surface area contributed by atoms with Gasteiger partial charge in [0.25, 0.3) is 6.26 Å². The van der Waals surface area contributed by atoms with Crippen molar-refractivity contribution in [2.75, 3.05) is 0 Å². The molecule has 46 heavy (non-hydrogen) atoms. The van der Waals surface area contributed by atoms with Gasteiger partial charge in [0.05, 0.1) is 18.5 Å². The van der Waals surface area contributed by atoms with Crippen molar-refractivity contribution in [2.45, 2.75) is 109 Å². The molecule has 0 aromatic heterocycles. The Balaban J connectivity index is 1.61. The Morgan fingerprint density at radius 1 is 0.739 bits per heavy atom. The van der Waals surface area contributed by atoms with E-state index in [9.17, 15) is 19.2 Å². The van der Waals surface area contributed by atoms with E-state index in [0.717, 1.165) is 70.6 Å². The number of isocyanates is 1. The number of rotatable bonds is 23. The smallest absolute Gasteiger partial charge is 0.311 e. The first-order valence-electron chi connectivity index (χ1n) is 16.0. The molecule has 2 aromatic carbocycles. The van der Waals surface area contributed by atoms with Crippen molar-refractivity contribution < 1.29 is 38.1 Å². The fourth-order valence-corrected chi connectivity index (χ4v) is 4.54. The minimum atomic E-state index is -0.542. The lowest BCUT2D eigenvalue weighted by molar-refractivity contribution is -0.151. The number of hydrogen-bond donors (Lipinski definition) is 0. The van der Waals surface area contributed by atoms with Crippen molar-refractivity contribution >= 4 is 29.7 Å². The number of hydrogen-bond acceptors (Lipinski definition) is 10. The number of unbranched alkanes of at least 4 members (excludes halogenated alkanes) is 8.